The molecule has 0 atom stereocenters. The van der Waals surface area contributed by atoms with Crippen molar-refractivity contribution in [3.63, 3.8) is 0 Å². The molecule has 1 aliphatic rings. The molecule has 1 rings (SSSR count). The van der Waals surface area contributed by atoms with Crippen LogP contribution in [0.4, 0.5) is 0 Å². The summed E-state index contributed by atoms with van der Waals surface area (Å²) in [4.78, 5) is 15.9. The summed E-state index contributed by atoms with van der Waals surface area (Å²) in [5, 5.41) is 6.14. The van der Waals surface area contributed by atoms with Crippen molar-refractivity contribution >= 4 is 11.9 Å². The van der Waals surface area contributed by atoms with E-state index in [-0.39, 0.29) is 11.4 Å². The van der Waals surface area contributed by atoms with Gasteiger partial charge in [0.15, 0.2) is 5.96 Å². The summed E-state index contributed by atoms with van der Waals surface area (Å²) in [7, 11) is 0. The quantitative estimate of drug-likeness (QED) is 0.534. The molecule has 0 aliphatic heterocycles. The lowest BCUT2D eigenvalue weighted by molar-refractivity contribution is -0.121. The van der Waals surface area contributed by atoms with E-state index in [1.807, 2.05) is 20.8 Å². The fourth-order valence-corrected chi connectivity index (χ4v) is 2.25. The topological polar surface area (TPSA) is 79.5 Å². The number of carbonyl (C=O) groups excluding carboxylic acids is 1. The van der Waals surface area contributed by atoms with E-state index in [0.29, 0.717) is 25.0 Å². The van der Waals surface area contributed by atoms with Gasteiger partial charge in [-0.2, -0.15) is 0 Å². The lowest BCUT2D eigenvalue weighted by atomic mass is 9.95. The molecule has 1 aliphatic carbocycles. The lowest BCUT2D eigenvalue weighted by Gasteiger charge is -2.22. The van der Waals surface area contributed by atoms with Gasteiger partial charge in [-0.25, -0.2) is 0 Å². The Balaban J connectivity index is 2.20. The van der Waals surface area contributed by atoms with Crippen LogP contribution in [0, 0.1) is 0 Å². The Bertz CT molecular complexity index is 314. The molecule has 0 bridgehead atoms. The van der Waals surface area contributed by atoms with Crippen LogP contribution in [0.25, 0.3) is 0 Å². The van der Waals surface area contributed by atoms with E-state index in [0.717, 1.165) is 12.8 Å². The summed E-state index contributed by atoms with van der Waals surface area (Å²) in [5.41, 5.74) is 5.64. The van der Waals surface area contributed by atoms with Crippen LogP contribution in [0.15, 0.2) is 4.99 Å². The van der Waals surface area contributed by atoms with Gasteiger partial charge in [-0.1, -0.05) is 19.3 Å². The van der Waals surface area contributed by atoms with Crippen LogP contribution < -0.4 is 16.4 Å². The summed E-state index contributed by atoms with van der Waals surface area (Å²) in [6, 6.07) is 0.371. The van der Waals surface area contributed by atoms with Crippen molar-refractivity contribution < 1.29 is 4.79 Å². The predicted molar refractivity (Wildman–Crippen MR) is 79.0 cm³/mol. The second kappa shape index (κ2) is 7.36. The molecule has 0 radical (unpaired) electrons. The van der Waals surface area contributed by atoms with Crippen molar-refractivity contribution in [2.24, 2.45) is 10.7 Å². The number of amides is 1. The number of nitrogens with zero attached hydrogens (tertiary/aromatic N) is 1. The number of rotatable bonds is 4. The van der Waals surface area contributed by atoms with Crippen LogP contribution in [0.3, 0.4) is 0 Å². The molecule has 4 N–H and O–H groups in total. The van der Waals surface area contributed by atoms with Gasteiger partial charge in [-0.05, 0) is 33.6 Å². The van der Waals surface area contributed by atoms with E-state index in [4.69, 9.17) is 5.73 Å². The number of guanidine groups is 1. The highest BCUT2D eigenvalue weighted by atomic mass is 16.1. The highest BCUT2D eigenvalue weighted by Gasteiger charge is 2.15. The monoisotopic (exact) mass is 268 g/mol. The minimum Gasteiger partial charge on any atom is -0.370 e. The summed E-state index contributed by atoms with van der Waals surface area (Å²) < 4.78 is 0. The minimum atomic E-state index is -0.0993. The lowest BCUT2D eigenvalue weighted by Crippen LogP contribution is -2.45. The zero-order valence-corrected chi connectivity index (χ0v) is 12.5. The molecule has 19 heavy (non-hydrogen) atoms. The van der Waals surface area contributed by atoms with Crippen molar-refractivity contribution in [1.82, 2.24) is 10.6 Å². The molecule has 1 saturated carbocycles. The third-order valence-corrected chi connectivity index (χ3v) is 3.09. The zero-order valence-electron chi connectivity index (χ0n) is 12.5. The number of aliphatic imine (C=N–C) groups is 1. The van der Waals surface area contributed by atoms with Crippen LogP contribution >= 0.6 is 0 Å². The predicted octanol–water partition coefficient (Wildman–Crippen LogP) is 1.53. The smallest absolute Gasteiger partial charge is 0.222 e. The van der Waals surface area contributed by atoms with Crippen molar-refractivity contribution in [2.45, 2.75) is 70.9 Å². The SMILES string of the molecule is CC(C)(C)NC(N)=NCCC(=O)NC1CCCCC1. The molecule has 0 aromatic carbocycles. The average Bonchev–Trinajstić information content (AvgIpc) is 2.27. The van der Waals surface area contributed by atoms with Crippen LogP contribution in [-0.2, 0) is 4.79 Å². The molecule has 0 saturated heterocycles. The first-order valence-corrected chi connectivity index (χ1v) is 7.24. The van der Waals surface area contributed by atoms with Gasteiger partial charge in [-0.3, -0.25) is 9.79 Å². The van der Waals surface area contributed by atoms with Crippen molar-refractivity contribution in [2.75, 3.05) is 6.54 Å². The van der Waals surface area contributed by atoms with Gasteiger partial charge in [0.1, 0.15) is 0 Å². The second-order valence-electron chi connectivity index (χ2n) is 6.29. The number of carbonyl (C=O) groups is 1. The van der Waals surface area contributed by atoms with Gasteiger partial charge in [0.05, 0.1) is 6.54 Å². The molecule has 0 aromatic rings. The summed E-state index contributed by atoms with van der Waals surface area (Å²) in [6.07, 6.45) is 6.39. The Labute approximate surface area is 116 Å². The highest BCUT2D eigenvalue weighted by molar-refractivity contribution is 5.80. The molecule has 1 fully saturated rings. The fraction of sp³-hybridized carbons (Fsp3) is 0.857. The van der Waals surface area contributed by atoms with Gasteiger partial charge >= 0.3 is 0 Å². The third-order valence-electron chi connectivity index (χ3n) is 3.09. The average molecular weight is 268 g/mol. The Morgan fingerprint density at radius 3 is 2.47 bits per heavy atom. The van der Waals surface area contributed by atoms with Crippen LogP contribution in [0.5, 0.6) is 0 Å². The standard InChI is InChI=1S/C14H28N4O/c1-14(2,3)18-13(15)16-10-9-12(19)17-11-7-5-4-6-8-11/h11H,4-10H2,1-3H3,(H,17,19)(H3,15,16,18). The summed E-state index contributed by atoms with van der Waals surface area (Å²) in [5.74, 6) is 0.483. The van der Waals surface area contributed by atoms with Crippen molar-refractivity contribution in [3.8, 4) is 0 Å². The first-order chi connectivity index (χ1) is 8.87. The zero-order chi connectivity index (χ0) is 14.3. The maximum Gasteiger partial charge on any atom is 0.222 e. The number of nitrogens with one attached hydrogen (secondary N) is 2. The molecule has 0 aromatic heterocycles. The minimum absolute atomic E-state index is 0.0826. The molecule has 5 nitrogen and oxygen atoms in total. The molecular weight excluding hydrogens is 240 g/mol. The van der Waals surface area contributed by atoms with Crippen LogP contribution in [0.1, 0.15) is 59.3 Å². The van der Waals surface area contributed by atoms with Crippen molar-refractivity contribution in [1.29, 1.82) is 0 Å². The van der Waals surface area contributed by atoms with Gasteiger partial charge < -0.3 is 16.4 Å². The first-order valence-electron chi connectivity index (χ1n) is 7.24. The Kier molecular flexibility index (Phi) is 6.12. The Hall–Kier alpha value is -1.26. The summed E-state index contributed by atoms with van der Waals surface area (Å²) >= 11 is 0. The maximum atomic E-state index is 11.7. The molecule has 110 valence electrons. The number of hydrogen-bond donors (Lipinski definition) is 3. The van der Waals surface area contributed by atoms with Crippen LogP contribution in [0.2, 0.25) is 0 Å². The van der Waals surface area contributed by atoms with Gasteiger partial charge in [-0.15, -0.1) is 0 Å². The maximum absolute atomic E-state index is 11.7. The second-order valence-corrected chi connectivity index (χ2v) is 6.29. The largest absolute Gasteiger partial charge is 0.370 e. The molecule has 5 heteroatoms. The third kappa shape index (κ3) is 7.70. The molecule has 0 unspecified atom stereocenters. The van der Waals surface area contributed by atoms with E-state index in [9.17, 15) is 4.79 Å². The Morgan fingerprint density at radius 2 is 1.89 bits per heavy atom. The van der Waals surface area contributed by atoms with E-state index in [1.165, 1.54) is 19.3 Å². The number of hydrogen-bond acceptors (Lipinski definition) is 2. The fourth-order valence-electron chi connectivity index (χ4n) is 2.25. The van der Waals surface area contributed by atoms with E-state index < -0.39 is 0 Å². The number of nitrogens with two attached hydrogens (primary N) is 1. The van der Waals surface area contributed by atoms with Gasteiger partial charge in [0, 0.05) is 18.0 Å². The molecule has 0 spiro atoms. The Morgan fingerprint density at radius 1 is 1.26 bits per heavy atom. The highest BCUT2D eigenvalue weighted by Crippen LogP contribution is 2.17. The molecule has 1 amide bonds. The summed E-state index contributed by atoms with van der Waals surface area (Å²) in [6.45, 7) is 6.49. The van der Waals surface area contributed by atoms with E-state index >= 15 is 0 Å². The molecular formula is C14H28N4O. The molecule has 0 heterocycles. The van der Waals surface area contributed by atoms with Gasteiger partial charge in [0.25, 0.3) is 0 Å². The van der Waals surface area contributed by atoms with Crippen LogP contribution in [-0.4, -0.2) is 30.0 Å². The van der Waals surface area contributed by atoms with E-state index in [2.05, 4.69) is 15.6 Å². The normalized spacial score (nSPS) is 18.2. The first kappa shape index (κ1) is 15.8. The van der Waals surface area contributed by atoms with Gasteiger partial charge in [0.2, 0.25) is 5.91 Å². The van der Waals surface area contributed by atoms with E-state index in [1.54, 1.807) is 0 Å². The van der Waals surface area contributed by atoms with Crippen molar-refractivity contribution in [3.05, 3.63) is 0 Å².